The maximum absolute atomic E-state index is 12.8. The van der Waals surface area contributed by atoms with E-state index in [0.717, 1.165) is 19.6 Å². The maximum atomic E-state index is 12.8. The van der Waals surface area contributed by atoms with E-state index in [2.05, 4.69) is 37.4 Å². The number of nitrogens with zero attached hydrogens (tertiary/aromatic N) is 3. The minimum atomic E-state index is -2.56. The van der Waals surface area contributed by atoms with Crippen LogP contribution in [0.2, 0.25) is 5.02 Å². The van der Waals surface area contributed by atoms with Crippen molar-refractivity contribution in [2.45, 2.75) is 19.3 Å². The Hall–Kier alpha value is -3.59. The lowest BCUT2D eigenvalue weighted by molar-refractivity contribution is -0.111. The van der Waals surface area contributed by atoms with Gasteiger partial charge in [-0.3, -0.25) is 9.69 Å². The molecule has 0 bridgehead atoms. The van der Waals surface area contributed by atoms with Gasteiger partial charge in [-0.2, -0.15) is 4.98 Å². The van der Waals surface area contributed by atoms with Gasteiger partial charge in [0, 0.05) is 17.9 Å². The monoisotopic (exact) mass is 598 g/mol. The number of hydrogen-bond donors (Lipinski definition) is 3. The van der Waals surface area contributed by atoms with Crippen molar-refractivity contribution in [2.24, 2.45) is 0 Å². The molecule has 4 rings (SSSR count). The van der Waals surface area contributed by atoms with E-state index < -0.39 is 7.14 Å². The van der Waals surface area contributed by atoms with Crippen molar-refractivity contribution in [3.05, 3.63) is 60.3 Å². The van der Waals surface area contributed by atoms with Gasteiger partial charge in [0.05, 0.1) is 30.4 Å². The average molecular weight is 599 g/mol. The molecule has 0 unspecified atom stereocenters. The molecule has 3 N–H and O–H groups in total. The van der Waals surface area contributed by atoms with E-state index in [4.69, 9.17) is 21.1 Å². The van der Waals surface area contributed by atoms with Crippen molar-refractivity contribution in [3.8, 4) is 11.5 Å². The molecule has 0 radical (unpaired) electrons. The Bertz CT molecular complexity index is 1440. The van der Waals surface area contributed by atoms with Crippen molar-refractivity contribution in [2.75, 3.05) is 62.6 Å². The summed E-state index contributed by atoms with van der Waals surface area (Å²) in [7, 11) is -1.02. The number of carbonyl (C=O) groups is 1. The number of para-hydroxylation sites is 1. The lowest BCUT2D eigenvalue weighted by Gasteiger charge is -2.26. The Morgan fingerprint density at radius 2 is 1.85 bits per heavy atom. The second-order valence-corrected chi connectivity index (χ2v) is 13.6. The number of amides is 1. The number of nitrogens with one attached hydrogen (secondary N) is 3. The molecule has 1 saturated heterocycles. The number of piperidine rings is 1. The molecule has 1 amide bonds. The zero-order valence-electron chi connectivity index (χ0n) is 23.6. The van der Waals surface area contributed by atoms with Gasteiger partial charge in [0.15, 0.2) is 5.82 Å². The molecule has 0 atom stereocenters. The van der Waals surface area contributed by atoms with Crippen LogP contribution in [0.4, 0.5) is 28.8 Å². The minimum Gasteiger partial charge on any atom is -0.494 e. The number of hydrogen-bond acceptors (Lipinski definition) is 9. The van der Waals surface area contributed by atoms with Crippen LogP contribution in [0.1, 0.15) is 19.3 Å². The fraction of sp³-hybridized carbons (Fsp3) is 0.345. The minimum absolute atomic E-state index is 0.226. The number of rotatable bonds is 12. The van der Waals surface area contributed by atoms with Crippen molar-refractivity contribution >= 4 is 58.8 Å². The second kappa shape index (κ2) is 13.9. The van der Waals surface area contributed by atoms with E-state index >= 15 is 0 Å². The second-order valence-electron chi connectivity index (χ2n) is 10.0. The predicted molar refractivity (Wildman–Crippen MR) is 167 cm³/mol. The summed E-state index contributed by atoms with van der Waals surface area (Å²) in [5.74, 6) is 1.12. The van der Waals surface area contributed by atoms with Crippen LogP contribution in [-0.4, -0.2) is 67.5 Å². The molecule has 1 aliphatic rings. The van der Waals surface area contributed by atoms with Crippen LogP contribution in [0.3, 0.4) is 0 Å². The number of methoxy groups -OCH3 is 1. The summed E-state index contributed by atoms with van der Waals surface area (Å²) in [4.78, 5) is 23.4. The van der Waals surface area contributed by atoms with E-state index in [0.29, 0.717) is 46.3 Å². The van der Waals surface area contributed by atoms with Gasteiger partial charge in [-0.25, -0.2) is 4.98 Å². The summed E-state index contributed by atoms with van der Waals surface area (Å²) in [5.41, 5.74) is 1.58. The van der Waals surface area contributed by atoms with Crippen molar-refractivity contribution in [1.82, 2.24) is 14.9 Å². The molecule has 0 aliphatic carbocycles. The van der Waals surface area contributed by atoms with Gasteiger partial charge in [-0.1, -0.05) is 36.7 Å². The van der Waals surface area contributed by atoms with Crippen LogP contribution in [0.15, 0.2) is 55.3 Å². The molecule has 1 fully saturated rings. The van der Waals surface area contributed by atoms with Crippen molar-refractivity contribution in [3.63, 3.8) is 0 Å². The van der Waals surface area contributed by atoms with Gasteiger partial charge in [-0.05, 0) is 63.5 Å². The highest BCUT2D eigenvalue weighted by Gasteiger charge is 2.19. The fourth-order valence-corrected chi connectivity index (χ4v) is 5.80. The molecule has 1 aliphatic heterocycles. The van der Waals surface area contributed by atoms with Crippen LogP contribution >= 0.6 is 18.7 Å². The summed E-state index contributed by atoms with van der Waals surface area (Å²) < 4.78 is 24.5. The first-order valence-electron chi connectivity index (χ1n) is 13.4. The standard InChI is InChI=1S/C29H36ClN6O4P/c1-5-27(37)32-23-17-22(24(39-2)18-25(23)40-16-15-36-13-9-6-10-14-36)34-29-31-19-20(30)28(35-29)33-21-11-7-8-12-26(21)41(3,4)38/h5,7-8,11-12,17-19H,1,6,9-10,13-16H2,2-4H3,(H,32,37)(H2,31,33,34,35). The highest BCUT2D eigenvalue weighted by molar-refractivity contribution is 7.70. The Labute approximate surface area is 245 Å². The molecule has 0 spiro atoms. The first kappa shape index (κ1) is 30.4. The smallest absolute Gasteiger partial charge is 0.247 e. The highest BCUT2D eigenvalue weighted by Crippen LogP contribution is 2.40. The van der Waals surface area contributed by atoms with Crippen LogP contribution in [0, 0.1) is 0 Å². The summed E-state index contributed by atoms with van der Waals surface area (Å²) in [6.45, 7) is 10.3. The van der Waals surface area contributed by atoms with Gasteiger partial charge >= 0.3 is 0 Å². The Morgan fingerprint density at radius 1 is 1.10 bits per heavy atom. The van der Waals surface area contributed by atoms with Gasteiger partial charge in [0.25, 0.3) is 0 Å². The zero-order valence-corrected chi connectivity index (χ0v) is 25.2. The van der Waals surface area contributed by atoms with Gasteiger partial charge in [0.2, 0.25) is 11.9 Å². The molecule has 41 heavy (non-hydrogen) atoms. The lowest BCUT2D eigenvalue weighted by Crippen LogP contribution is -2.33. The number of aromatic nitrogens is 2. The third-order valence-electron chi connectivity index (χ3n) is 6.59. The zero-order chi connectivity index (χ0) is 29.4. The van der Waals surface area contributed by atoms with Crippen LogP contribution in [0.5, 0.6) is 11.5 Å². The molecule has 12 heteroatoms. The summed E-state index contributed by atoms with van der Waals surface area (Å²) in [6.07, 6.45) is 6.32. The predicted octanol–water partition coefficient (Wildman–Crippen LogP) is 5.86. The molecule has 1 aromatic heterocycles. The van der Waals surface area contributed by atoms with Crippen LogP contribution in [-0.2, 0) is 9.36 Å². The van der Waals surface area contributed by atoms with Gasteiger partial charge in [-0.15, -0.1) is 0 Å². The largest absolute Gasteiger partial charge is 0.494 e. The molecule has 218 valence electrons. The summed E-state index contributed by atoms with van der Waals surface area (Å²) in [5, 5.41) is 10.1. The number of ether oxygens (including phenoxy) is 2. The Morgan fingerprint density at radius 3 is 2.56 bits per heavy atom. The number of likely N-dealkylation sites (tertiary alicyclic amines) is 1. The molecular weight excluding hydrogens is 563 g/mol. The molecule has 10 nitrogen and oxygen atoms in total. The molecule has 0 saturated carbocycles. The lowest BCUT2D eigenvalue weighted by atomic mass is 10.1. The molecular formula is C29H36ClN6O4P. The van der Waals surface area contributed by atoms with Crippen molar-refractivity contribution in [1.29, 1.82) is 0 Å². The van der Waals surface area contributed by atoms with Gasteiger partial charge < -0.3 is 30.0 Å². The number of halogens is 1. The topological polar surface area (TPSA) is 118 Å². The molecule has 2 heterocycles. The summed E-state index contributed by atoms with van der Waals surface area (Å²) in [6, 6.07) is 10.7. The van der Waals surface area contributed by atoms with Crippen LogP contribution < -0.4 is 30.7 Å². The molecule has 2 aromatic carbocycles. The first-order chi connectivity index (χ1) is 19.7. The number of anilines is 5. The normalized spacial score (nSPS) is 13.8. The quantitative estimate of drug-likeness (QED) is 0.174. The fourth-order valence-electron chi connectivity index (χ4n) is 4.51. The van der Waals surface area contributed by atoms with Crippen molar-refractivity contribution < 1.29 is 18.8 Å². The highest BCUT2D eigenvalue weighted by atomic mass is 35.5. The van der Waals surface area contributed by atoms with E-state index in [1.54, 1.807) is 32.6 Å². The third-order valence-corrected chi connectivity index (χ3v) is 8.41. The van der Waals surface area contributed by atoms with Gasteiger partial charge in [0.1, 0.15) is 30.3 Å². The van der Waals surface area contributed by atoms with E-state index in [1.807, 2.05) is 24.3 Å². The third kappa shape index (κ3) is 8.22. The Kier molecular flexibility index (Phi) is 10.3. The van der Waals surface area contributed by atoms with Crippen LogP contribution in [0.25, 0.3) is 0 Å². The van der Waals surface area contributed by atoms with E-state index in [9.17, 15) is 9.36 Å². The molecule has 3 aromatic rings. The first-order valence-corrected chi connectivity index (χ1v) is 16.4. The maximum Gasteiger partial charge on any atom is 0.247 e. The summed E-state index contributed by atoms with van der Waals surface area (Å²) >= 11 is 6.41. The van der Waals surface area contributed by atoms with E-state index in [-0.39, 0.29) is 16.9 Å². The number of carbonyl (C=O) groups excluding carboxylic acids is 1. The SMILES string of the molecule is C=CC(=O)Nc1cc(Nc2ncc(Cl)c(Nc3ccccc3P(C)(C)=O)n2)c(OC)cc1OCCN1CCCCC1. The average Bonchev–Trinajstić information content (AvgIpc) is 2.96. The number of benzene rings is 2. The van der Waals surface area contributed by atoms with E-state index in [1.165, 1.54) is 31.5 Å². The Balaban J connectivity index is 1.59.